The van der Waals surface area contributed by atoms with Gasteiger partial charge in [0.05, 0.1) is 10.5 Å². The minimum atomic E-state index is 1.09. The van der Waals surface area contributed by atoms with Crippen molar-refractivity contribution in [3.63, 3.8) is 0 Å². The first-order valence-corrected chi connectivity index (χ1v) is 3.71. The van der Waals surface area contributed by atoms with Crippen LogP contribution in [0.5, 0.6) is 0 Å². The van der Waals surface area contributed by atoms with Crippen LogP contribution in [0.1, 0.15) is 0 Å². The molecule has 0 N–H and O–H groups in total. The summed E-state index contributed by atoms with van der Waals surface area (Å²) in [7, 11) is 1.09. The molecule has 0 aliphatic heterocycles. The molecule has 4 heavy (non-hydrogen) atoms. The molecular weight excluding hydrogens is 208 g/mol. The summed E-state index contributed by atoms with van der Waals surface area (Å²) in [6.45, 7) is 0. The van der Waals surface area contributed by atoms with Crippen LogP contribution in [0.15, 0.2) is 0 Å². The smallest absolute Gasteiger partial charge is 0.117 e. The van der Waals surface area contributed by atoms with Gasteiger partial charge in [0.1, 0.15) is 16.3 Å². The maximum Gasteiger partial charge on any atom is 0.117 e. The summed E-state index contributed by atoms with van der Waals surface area (Å²) in [5.74, 6) is 0. The molecule has 0 aromatic heterocycles. The van der Waals surface area contributed by atoms with E-state index in [9.17, 15) is 0 Å². The SMILES string of the molecule is BrOSBr. The van der Waals surface area contributed by atoms with E-state index in [2.05, 4.69) is 34.3 Å². The molecule has 0 atom stereocenters. The lowest BCUT2D eigenvalue weighted by Crippen LogP contribution is -1.25. The second-order valence-corrected chi connectivity index (χ2v) is 1.96. The molecule has 0 heterocycles. The molecule has 0 spiro atoms. The van der Waals surface area contributed by atoms with Gasteiger partial charge in [0.15, 0.2) is 0 Å². The topological polar surface area (TPSA) is 9.23 Å². The van der Waals surface area contributed by atoms with Gasteiger partial charge in [0.2, 0.25) is 0 Å². The third-order valence-electron chi connectivity index (χ3n) is 0.0238. The second kappa shape index (κ2) is 4.27. The number of halogens is 2. The van der Waals surface area contributed by atoms with Gasteiger partial charge in [0.25, 0.3) is 0 Å². The Morgan fingerprint density at radius 1 is 1.75 bits per heavy atom. The van der Waals surface area contributed by atoms with Gasteiger partial charge in [0, 0.05) is 14.8 Å². The lowest BCUT2D eigenvalue weighted by atomic mass is 15.9. The Bertz CT molecular complexity index is 8.00. The van der Waals surface area contributed by atoms with Gasteiger partial charge in [-0.2, -0.15) is 0 Å². The van der Waals surface area contributed by atoms with E-state index in [0.29, 0.717) is 0 Å². The molecule has 0 aromatic rings. The third kappa shape index (κ3) is 3.27. The predicted molar refractivity (Wildman–Crippen MR) is 26.5 cm³/mol. The highest BCUT2D eigenvalue weighted by Gasteiger charge is 1.60. The maximum atomic E-state index is 4.19. The van der Waals surface area contributed by atoms with Crippen LogP contribution in [-0.4, -0.2) is 0 Å². The first-order valence-electron chi connectivity index (χ1n) is 0.475. The molecule has 0 aliphatic rings. The Balaban J connectivity index is 1.97. The van der Waals surface area contributed by atoms with E-state index in [-0.39, 0.29) is 0 Å². The average molecular weight is 208 g/mol. The van der Waals surface area contributed by atoms with Gasteiger partial charge in [-0.15, -0.1) is 0 Å². The van der Waals surface area contributed by atoms with Gasteiger partial charge in [-0.25, -0.2) is 3.27 Å². The average Bonchev–Trinajstić information content (AvgIpc) is 1.37. The molecule has 0 aliphatic carbocycles. The van der Waals surface area contributed by atoms with Crippen molar-refractivity contribution >= 4 is 41.5 Å². The van der Waals surface area contributed by atoms with Crippen molar-refractivity contribution in [3.8, 4) is 0 Å². The fraction of sp³-hybridized carbons (Fsp3) is 0. The molecule has 0 bridgehead atoms. The second-order valence-electron chi connectivity index (χ2n) is 0.126. The molecule has 0 amide bonds. The summed E-state index contributed by atoms with van der Waals surface area (Å²) in [6.07, 6.45) is 0. The third-order valence-corrected chi connectivity index (χ3v) is 1.93. The summed E-state index contributed by atoms with van der Waals surface area (Å²) < 4.78 is 4.19. The largest absolute Gasteiger partial charge is 0.227 e. The van der Waals surface area contributed by atoms with Crippen LogP contribution >= 0.6 is 41.5 Å². The summed E-state index contributed by atoms with van der Waals surface area (Å²) >= 11 is 5.56. The molecular formula is Br2OS. The van der Waals surface area contributed by atoms with E-state index in [0.717, 1.165) is 10.5 Å². The highest BCUT2D eigenvalue weighted by Crippen LogP contribution is 2.13. The van der Waals surface area contributed by atoms with Crippen molar-refractivity contribution in [2.24, 2.45) is 0 Å². The van der Waals surface area contributed by atoms with Crippen molar-refractivity contribution in [3.05, 3.63) is 0 Å². The molecule has 26 valence electrons. The Morgan fingerprint density at radius 3 is 2.00 bits per heavy atom. The van der Waals surface area contributed by atoms with Crippen molar-refractivity contribution in [2.45, 2.75) is 0 Å². The Labute approximate surface area is 45.0 Å². The van der Waals surface area contributed by atoms with Crippen LogP contribution in [0, 0.1) is 0 Å². The van der Waals surface area contributed by atoms with Gasteiger partial charge < -0.3 is 0 Å². The van der Waals surface area contributed by atoms with Crippen molar-refractivity contribution in [1.29, 1.82) is 0 Å². The zero-order valence-electron chi connectivity index (χ0n) is 1.57. The van der Waals surface area contributed by atoms with Crippen LogP contribution in [0.2, 0.25) is 0 Å². The summed E-state index contributed by atoms with van der Waals surface area (Å²) in [6, 6.07) is 0. The molecule has 0 unspecified atom stereocenters. The molecule has 0 radical (unpaired) electrons. The highest BCUT2D eigenvalue weighted by atomic mass is 79.9. The van der Waals surface area contributed by atoms with Crippen LogP contribution in [0.3, 0.4) is 0 Å². The molecule has 1 nitrogen and oxygen atoms in total. The maximum absolute atomic E-state index is 4.19. The molecule has 0 saturated carbocycles. The highest BCUT2D eigenvalue weighted by molar-refractivity contribution is 9.50. The van der Waals surface area contributed by atoms with E-state index in [1.54, 1.807) is 0 Å². The Hall–Kier alpha value is 1.27. The first-order chi connectivity index (χ1) is 1.91. The Kier molecular flexibility index (Phi) is 5.63. The zero-order chi connectivity index (χ0) is 3.41. The molecule has 0 aromatic carbocycles. The van der Waals surface area contributed by atoms with E-state index >= 15 is 0 Å². The molecule has 0 rings (SSSR count). The summed E-state index contributed by atoms with van der Waals surface area (Å²) in [5.41, 5.74) is 0. The predicted octanol–water partition coefficient (Wildman–Crippen LogP) is 2.27. The van der Waals surface area contributed by atoms with E-state index in [4.69, 9.17) is 0 Å². The minimum absolute atomic E-state index is 1.09. The van der Waals surface area contributed by atoms with E-state index in [1.807, 2.05) is 0 Å². The van der Waals surface area contributed by atoms with E-state index in [1.165, 1.54) is 0 Å². The normalized spacial score (nSPS) is 7.50. The summed E-state index contributed by atoms with van der Waals surface area (Å²) in [5, 5.41) is 0. The molecule has 4 heteroatoms. The fourth-order valence-corrected chi connectivity index (χ4v) is 0. The van der Waals surface area contributed by atoms with Crippen molar-refractivity contribution in [1.82, 2.24) is 0 Å². The van der Waals surface area contributed by atoms with Crippen LogP contribution < -0.4 is 0 Å². The molecule has 0 saturated heterocycles. The van der Waals surface area contributed by atoms with Gasteiger partial charge >= 0.3 is 0 Å². The van der Waals surface area contributed by atoms with Crippen molar-refractivity contribution < 1.29 is 3.27 Å². The zero-order valence-corrected chi connectivity index (χ0v) is 5.56. The first kappa shape index (κ1) is 5.27. The quantitative estimate of drug-likeness (QED) is 0.611. The molecule has 0 fully saturated rings. The van der Waals surface area contributed by atoms with Gasteiger partial charge in [-0.1, -0.05) is 0 Å². The lowest BCUT2D eigenvalue weighted by molar-refractivity contribution is 0.812. The lowest BCUT2D eigenvalue weighted by Gasteiger charge is -1.66. The van der Waals surface area contributed by atoms with Crippen LogP contribution in [-0.2, 0) is 3.27 Å². The van der Waals surface area contributed by atoms with Crippen molar-refractivity contribution in [2.75, 3.05) is 0 Å². The minimum Gasteiger partial charge on any atom is -0.227 e. The van der Waals surface area contributed by atoms with E-state index < -0.39 is 0 Å². The van der Waals surface area contributed by atoms with Gasteiger partial charge in [-0.05, 0) is 0 Å². The number of hydrogen-bond donors (Lipinski definition) is 0. The van der Waals surface area contributed by atoms with Gasteiger partial charge in [-0.3, -0.25) is 0 Å². The monoisotopic (exact) mass is 206 g/mol. The number of hydrogen-bond acceptors (Lipinski definition) is 2. The Morgan fingerprint density at radius 2 is 2.00 bits per heavy atom. The number of rotatable bonds is 1. The summed E-state index contributed by atoms with van der Waals surface area (Å²) in [4.78, 5) is 0. The fourth-order valence-electron chi connectivity index (χ4n) is 0. The van der Waals surface area contributed by atoms with Crippen LogP contribution in [0.4, 0.5) is 0 Å². The van der Waals surface area contributed by atoms with Crippen LogP contribution in [0.25, 0.3) is 0 Å². The standard InChI is InChI=1S/Br2OS/c1-3-4-2.